The summed E-state index contributed by atoms with van der Waals surface area (Å²) in [5, 5.41) is 11.7. The van der Waals surface area contributed by atoms with Gasteiger partial charge in [0.25, 0.3) is 5.69 Å². The Morgan fingerprint density at radius 1 is 0.356 bits per heavy atom. The quantitative estimate of drug-likeness (QED) is 0.154. The monoisotopic (exact) mass is 1230 g/mol. The molecule has 0 radical (unpaired) electrons. The SMILES string of the molecule is CC(C)(C)OC(=O)N1CCCN(Cc2ccc([N+](=O)[O-])cc2)CCN(C(=O)OC(C)(C)C)CC(C2CN(C(=O)OC(C)(C)C)CCN(C(=O)OC(C)(C)C)CCCN(C(=O)OC(C)(C)C)CCN(C(=O)OC(C)(C)C)C2)CN(C(=O)OC(C)(C)C)CC1. The third-order valence-electron chi connectivity index (χ3n) is 13.0. The van der Waals surface area contributed by atoms with Crippen molar-refractivity contribution in [2.75, 3.05) is 105 Å². The summed E-state index contributed by atoms with van der Waals surface area (Å²) in [6.07, 6.45) is -4.26. The number of hydrogen-bond donors (Lipinski definition) is 0. The molecule has 1 unspecified atom stereocenters. The van der Waals surface area contributed by atoms with Crippen molar-refractivity contribution in [2.24, 2.45) is 11.8 Å². The number of carbonyl (C=O) groups is 7. The van der Waals surface area contributed by atoms with E-state index in [0.29, 0.717) is 19.5 Å². The van der Waals surface area contributed by atoms with Crippen LogP contribution >= 0.6 is 0 Å². The predicted molar refractivity (Wildman–Crippen MR) is 329 cm³/mol. The van der Waals surface area contributed by atoms with E-state index in [4.69, 9.17) is 33.2 Å². The number of carbonyl (C=O) groups excluding carboxylic acids is 7. The summed E-state index contributed by atoms with van der Waals surface area (Å²) in [5.74, 6) is -1.85. The van der Waals surface area contributed by atoms with Crippen molar-refractivity contribution in [1.82, 2.24) is 39.2 Å². The number of non-ortho nitro benzene ring substituents is 1. The minimum absolute atomic E-state index is 0.0224. The van der Waals surface area contributed by atoms with E-state index in [1.165, 1.54) is 41.5 Å². The molecule has 2 aliphatic rings. The molecule has 1 aromatic carbocycles. The van der Waals surface area contributed by atoms with Gasteiger partial charge in [0.1, 0.15) is 39.2 Å². The molecule has 7 amide bonds. The highest BCUT2D eigenvalue weighted by atomic mass is 16.6. The molecule has 87 heavy (non-hydrogen) atoms. The lowest BCUT2D eigenvalue weighted by Crippen LogP contribution is -2.55. The van der Waals surface area contributed by atoms with E-state index in [0.717, 1.165) is 5.56 Å². The zero-order valence-corrected chi connectivity index (χ0v) is 56.5. The molecular weight excluding hydrogens is 1130 g/mol. The highest BCUT2D eigenvalue weighted by Crippen LogP contribution is 2.27. The fraction of sp³-hybridized carbons (Fsp3) is 0.790. The van der Waals surface area contributed by atoms with Crippen LogP contribution in [0.5, 0.6) is 0 Å². The van der Waals surface area contributed by atoms with Gasteiger partial charge >= 0.3 is 42.7 Å². The lowest BCUT2D eigenvalue weighted by molar-refractivity contribution is -0.384. The van der Waals surface area contributed by atoms with Gasteiger partial charge in [0.15, 0.2) is 0 Å². The van der Waals surface area contributed by atoms with Gasteiger partial charge in [0.2, 0.25) is 0 Å². The van der Waals surface area contributed by atoms with Gasteiger partial charge in [-0.15, -0.1) is 0 Å². The Bertz CT molecular complexity index is 2370. The summed E-state index contributed by atoms with van der Waals surface area (Å²) in [4.78, 5) is 126. The lowest BCUT2D eigenvalue weighted by atomic mass is 9.89. The van der Waals surface area contributed by atoms with Crippen molar-refractivity contribution >= 4 is 48.3 Å². The highest BCUT2D eigenvalue weighted by Gasteiger charge is 2.40. The van der Waals surface area contributed by atoms with E-state index in [1.807, 2.05) is 0 Å². The minimum Gasteiger partial charge on any atom is -0.444 e. The van der Waals surface area contributed by atoms with E-state index in [9.17, 15) is 38.9 Å². The molecule has 1 atom stereocenters. The molecule has 2 fully saturated rings. The molecule has 0 aromatic heterocycles. The van der Waals surface area contributed by atoms with Crippen LogP contribution in [0.3, 0.4) is 0 Å². The maximum absolute atomic E-state index is 15.0. The largest absolute Gasteiger partial charge is 0.444 e. The Hall–Kier alpha value is -6.53. The second kappa shape index (κ2) is 31.1. The zero-order chi connectivity index (χ0) is 66.3. The van der Waals surface area contributed by atoms with Gasteiger partial charge in [0, 0.05) is 135 Å². The molecule has 25 nitrogen and oxygen atoms in total. The minimum atomic E-state index is -1.02. The molecule has 0 aliphatic carbocycles. The summed E-state index contributed by atoms with van der Waals surface area (Å²) in [6.45, 7) is 36.3. The number of ether oxygens (including phenoxy) is 7. The van der Waals surface area contributed by atoms with Crippen LogP contribution in [0, 0.1) is 22.0 Å². The number of rotatable bonds is 4. The van der Waals surface area contributed by atoms with Crippen molar-refractivity contribution in [1.29, 1.82) is 0 Å². The van der Waals surface area contributed by atoms with Crippen LogP contribution in [-0.2, 0) is 39.7 Å². The Kier molecular flexibility index (Phi) is 26.7. The van der Waals surface area contributed by atoms with Crippen LogP contribution in [0.1, 0.15) is 164 Å². The molecular formula is C62H107N9O16. The molecule has 0 spiro atoms. The van der Waals surface area contributed by atoms with Gasteiger partial charge in [-0.1, -0.05) is 12.1 Å². The van der Waals surface area contributed by atoms with Crippen molar-refractivity contribution in [3.8, 4) is 0 Å². The summed E-state index contributed by atoms with van der Waals surface area (Å²) >= 11 is 0. The predicted octanol–water partition coefficient (Wildman–Crippen LogP) is 11.1. The van der Waals surface area contributed by atoms with E-state index >= 15 is 4.79 Å². The van der Waals surface area contributed by atoms with E-state index in [1.54, 1.807) is 162 Å². The summed E-state index contributed by atoms with van der Waals surface area (Å²) in [7, 11) is 0. The molecule has 2 heterocycles. The smallest absolute Gasteiger partial charge is 0.410 e. The van der Waals surface area contributed by atoms with E-state index in [-0.39, 0.29) is 110 Å². The fourth-order valence-corrected chi connectivity index (χ4v) is 9.22. The number of benzene rings is 1. The van der Waals surface area contributed by atoms with Crippen molar-refractivity contribution in [2.45, 2.75) is 204 Å². The van der Waals surface area contributed by atoms with Crippen LogP contribution in [0.4, 0.5) is 39.2 Å². The first-order valence-electron chi connectivity index (χ1n) is 30.5. The van der Waals surface area contributed by atoms with Gasteiger partial charge in [-0.05, 0) is 164 Å². The van der Waals surface area contributed by atoms with Crippen molar-refractivity contribution < 1.29 is 71.6 Å². The first-order valence-corrected chi connectivity index (χ1v) is 30.5. The molecule has 3 rings (SSSR count). The maximum Gasteiger partial charge on any atom is 0.410 e. The van der Waals surface area contributed by atoms with Gasteiger partial charge in [-0.25, -0.2) is 33.6 Å². The van der Waals surface area contributed by atoms with Crippen LogP contribution in [0.25, 0.3) is 0 Å². The average Bonchev–Trinajstić information content (AvgIpc) is 1.76. The third-order valence-corrected chi connectivity index (χ3v) is 13.0. The summed E-state index contributed by atoms with van der Waals surface area (Å²) in [5.41, 5.74) is -6.08. The van der Waals surface area contributed by atoms with E-state index < -0.39 is 98.6 Å². The van der Waals surface area contributed by atoms with Gasteiger partial charge in [-0.2, -0.15) is 0 Å². The Morgan fingerprint density at radius 3 is 0.816 bits per heavy atom. The van der Waals surface area contributed by atoms with Gasteiger partial charge in [-0.3, -0.25) is 15.0 Å². The topological polar surface area (TPSA) is 253 Å². The number of nitrogens with zero attached hydrogens (tertiary/aromatic N) is 9. The highest BCUT2D eigenvalue weighted by molar-refractivity contribution is 5.72. The first-order chi connectivity index (χ1) is 39.6. The third kappa shape index (κ3) is 29.8. The van der Waals surface area contributed by atoms with E-state index in [2.05, 4.69) is 4.90 Å². The lowest BCUT2D eigenvalue weighted by Gasteiger charge is -2.42. The molecule has 496 valence electrons. The first kappa shape index (κ1) is 74.7. The Labute approximate surface area is 518 Å². The standard InChI is InChI=1S/C62H107N9O16/c1-56(2,3)81-49(72)64-29-22-28-63(40-45-24-26-48(27-25-45)71(79)80)32-33-67(52(75)84-59(10,11)12)41-46(42-68(37-34-64)53(76)85-60(13,14)15)47-43-69(54(77)86-61(16,17)18)38-35-65(50(73)82-57(4,5)6)30-23-31-66(51(74)83-58(7,8)9)36-39-70(44-47)55(78)87-62(19,20)21/h24-27,46-47H,22-23,28-44H2,1-21H3. The summed E-state index contributed by atoms with van der Waals surface area (Å²) < 4.78 is 42.3. The van der Waals surface area contributed by atoms with Crippen molar-refractivity contribution in [3.63, 3.8) is 0 Å². The van der Waals surface area contributed by atoms with Gasteiger partial charge < -0.3 is 67.5 Å². The molecule has 2 saturated heterocycles. The molecule has 0 bridgehead atoms. The summed E-state index contributed by atoms with van der Waals surface area (Å²) in [6, 6.07) is 6.19. The van der Waals surface area contributed by atoms with Crippen LogP contribution in [-0.4, -0.2) is 231 Å². The fourth-order valence-electron chi connectivity index (χ4n) is 9.22. The molecule has 0 saturated carbocycles. The average molecular weight is 1230 g/mol. The molecule has 25 heteroatoms. The van der Waals surface area contributed by atoms with Gasteiger partial charge in [0.05, 0.1) is 4.92 Å². The second-order valence-electron chi connectivity index (χ2n) is 29.5. The number of nitro groups is 1. The second-order valence-corrected chi connectivity index (χ2v) is 29.5. The van der Waals surface area contributed by atoms with Crippen molar-refractivity contribution in [3.05, 3.63) is 39.9 Å². The molecule has 1 aromatic rings. The normalized spacial score (nSPS) is 18.4. The number of amides is 7. The zero-order valence-electron chi connectivity index (χ0n) is 56.5. The van der Waals surface area contributed by atoms with Crippen LogP contribution in [0.2, 0.25) is 0 Å². The Morgan fingerprint density at radius 2 is 0.575 bits per heavy atom. The number of nitro benzene ring substituents is 1. The van der Waals surface area contributed by atoms with Crippen LogP contribution < -0.4 is 0 Å². The Balaban J connectivity index is 2.56. The molecule has 0 N–H and O–H groups in total. The maximum atomic E-state index is 15.0. The molecule has 2 aliphatic heterocycles. The number of hydrogen-bond acceptors (Lipinski definition) is 17. The van der Waals surface area contributed by atoms with Crippen LogP contribution in [0.15, 0.2) is 24.3 Å².